The minimum atomic E-state index is -3.80. The van der Waals surface area contributed by atoms with Crippen LogP contribution >= 0.6 is 0 Å². The summed E-state index contributed by atoms with van der Waals surface area (Å²) in [6.45, 7) is -1.31. The molecule has 0 aromatic heterocycles. The highest BCUT2D eigenvalue weighted by Crippen LogP contribution is 2.29. The van der Waals surface area contributed by atoms with Crippen LogP contribution in [0.1, 0.15) is 28.9 Å². The monoisotopic (exact) mass is 400 g/mol. The molecule has 0 heterocycles. The molecule has 0 fully saturated rings. The number of carbonyl (C=O) groups excluding carboxylic acids is 1. The number of amides is 1. The second kappa shape index (κ2) is 8.31. The van der Waals surface area contributed by atoms with E-state index in [0.29, 0.717) is 5.56 Å². The average molecular weight is 400 g/mol. The fraction of sp³-hybridized carbons (Fsp3) is 0.235. The van der Waals surface area contributed by atoms with Gasteiger partial charge in [0.15, 0.2) is 11.5 Å². The fourth-order valence-electron chi connectivity index (χ4n) is 2.31. The number of ether oxygens (including phenoxy) is 2. The molecule has 1 unspecified atom stereocenters. The van der Waals surface area contributed by atoms with Gasteiger partial charge >= 0.3 is 6.61 Å². The summed E-state index contributed by atoms with van der Waals surface area (Å²) in [5.74, 6) is -0.663. The van der Waals surface area contributed by atoms with Crippen molar-refractivity contribution in [1.29, 1.82) is 0 Å². The molecule has 3 N–H and O–H groups in total. The van der Waals surface area contributed by atoms with Crippen LogP contribution in [0.25, 0.3) is 0 Å². The first-order valence-corrected chi connectivity index (χ1v) is 9.23. The van der Waals surface area contributed by atoms with Crippen molar-refractivity contribution in [3.05, 3.63) is 53.6 Å². The van der Waals surface area contributed by atoms with E-state index in [-0.39, 0.29) is 22.0 Å². The maximum Gasteiger partial charge on any atom is 0.387 e. The van der Waals surface area contributed by atoms with E-state index in [2.05, 4.69) is 10.1 Å². The topological polar surface area (TPSA) is 108 Å². The lowest BCUT2D eigenvalue weighted by atomic mass is 10.1. The molecule has 146 valence electrons. The smallest absolute Gasteiger partial charge is 0.387 e. The zero-order chi connectivity index (χ0) is 20.2. The summed E-state index contributed by atoms with van der Waals surface area (Å²) in [4.78, 5) is 12.3. The zero-order valence-electron chi connectivity index (χ0n) is 14.5. The molecule has 0 spiro atoms. The van der Waals surface area contributed by atoms with Gasteiger partial charge in [-0.1, -0.05) is 12.1 Å². The molecule has 2 aromatic rings. The molecule has 0 bridgehead atoms. The number of hydrogen-bond donors (Lipinski definition) is 2. The molecule has 1 atom stereocenters. The van der Waals surface area contributed by atoms with Crippen molar-refractivity contribution >= 4 is 15.9 Å². The van der Waals surface area contributed by atoms with Crippen LogP contribution in [0.4, 0.5) is 8.78 Å². The molecule has 2 rings (SSSR count). The van der Waals surface area contributed by atoms with Crippen LogP contribution in [0.5, 0.6) is 11.5 Å². The molecule has 27 heavy (non-hydrogen) atoms. The summed E-state index contributed by atoms with van der Waals surface area (Å²) in [6.07, 6.45) is 0. The van der Waals surface area contributed by atoms with Crippen molar-refractivity contribution in [3.8, 4) is 11.5 Å². The number of hydrogen-bond acceptors (Lipinski definition) is 5. The fourth-order valence-corrected chi connectivity index (χ4v) is 2.83. The highest BCUT2D eigenvalue weighted by atomic mass is 32.2. The number of nitrogens with one attached hydrogen (secondary N) is 1. The lowest BCUT2D eigenvalue weighted by molar-refractivity contribution is -0.0512. The highest BCUT2D eigenvalue weighted by molar-refractivity contribution is 7.89. The van der Waals surface area contributed by atoms with Crippen LogP contribution < -0.4 is 19.9 Å². The summed E-state index contributed by atoms with van der Waals surface area (Å²) in [5.41, 5.74) is 0.835. The molecule has 0 aliphatic heterocycles. The number of benzene rings is 2. The number of sulfonamides is 1. The first kappa shape index (κ1) is 20.6. The maximum absolute atomic E-state index is 12.4. The van der Waals surface area contributed by atoms with Crippen LogP contribution in [-0.2, 0) is 10.0 Å². The van der Waals surface area contributed by atoms with E-state index in [4.69, 9.17) is 9.88 Å². The SMILES string of the molecule is COc1cc(C(=O)NC(C)c2ccc(S(N)(=O)=O)cc2)ccc1OC(F)F. The molecule has 0 radical (unpaired) electrons. The third-order valence-corrected chi connectivity index (χ3v) is 4.63. The molecule has 0 aliphatic rings. The van der Waals surface area contributed by atoms with E-state index in [0.717, 1.165) is 0 Å². The van der Waals surface area contributed by atoms with Gasteiger partial charge in [-0.15, -0.1) is 0 Å². The van der Waals surface area contributed by atoms with Gasteiger partial charge in [-0.05, 0) is 42.8 Å². The lowest BCUT2D eigenvalue weighted by Gasteiger charge is -2.16. The number of methoxy groups -OCH3 is 1. The van der Waals surface area contributed by atoms with E-state index >= 15 is 0 Å². The van der Waals surface area contributed by atoms with Crippen molar-refractivity contribution in [2.45, 2.75) is 24.5 Å². The number of primary sulfonamides is 1. The van der Waals surface area contributed by atoms with E-state index in [1.165, 1.54) is 49.6 Å². The third kappa shape index (κ3) is 5.38. The van der Waals surface area contributed by atoms with Crippen LogP contribution in [0, 0.1) is 0 Å². The van der Waals surface area contributed by atoms with Gasteiger partial charge in [0, 0.05) is 5.56 Å². The van der Waals surface area contributed by atoms with Gasteiger partial charge in [-0.3, -0.25) is 4.79 Å². The second-order valence-corrected chi connectivity index (χ2v) is 7.11. The van der Waals surface area contributed by atoms with E-state index in [1.807, 2.05) is 0 Å². The number of carbonyl (C=O) groups is 1. The largest absolute Gasteiger partial charge is 0.493 e. The summed E-state index contributed by atoms with van der Waals surface area (Å²) in [5, 5.41) is 7.76. The van der Waals surface area contributed by atoms with Crippen LogP contribution in [0.3, 0.4) is 0 Å². The molecule has 1 amide bonds. The Morgan fingerprint density at radius 3 is 2.26 bits per heavy atom. The Bertz CT molecular complexity index is 917. The van der Waals surface area contributed by atoms with Gasteiger partial charge < -0.3 is 14.8 Å². The number of rotatable bonds is 7. The van der Waals surface area contributed by atoms with Gasteiger partial charge in [0.25, 0.3) is 5.91 Å². The van der Waals surface area contributed by atoms with Crippen LogP contribution in [-0.4, -0.2) is 28.0 Å². The van der Waals surface area contributed by atoms with E-state index in [1.54, 1.807) is 6.92 Å². The molecule has 0 saturated carbocycles. The van der Waals surface area contributed by atoms with Gasteiger partial charge in [-0.25, -0.2) is 13.6 Å². The Morgan fingerprint density at radius 1 is 1.11 bits per heavy atom. The Balaban J connectivity index is 2.14. The van der Waals surface area contributed by atoms with Crippen molar-refractivity contribution in [2.24, 2.45) is 5.14 Å². The van der Waals surface area contributed by atoms with Crippen LogP contribution in [0.2, 0.25) is 0 Å². The Labute approximate surface area is 155 Å². The molecule has 7 nitrogen and oxygen atoms in total. The van der Waals surface area contributed by atoms with E-state index in [9.17, 15) is 22.0 Å². The Hall–Kier alpha value is -2.72. The minimum Gasteiger partial charge on any atom is -0.493 e. The third-order valence-electron chi connectivity index (χ3n) is 3.70. The maximum atomic E-state index is 12.4. The van der Waals surface area contributed by atoms with Gasteiger partial charge in [0.2, 0.25) is 10.0 Å². The van der Waals surface area contributed by atoms with Gasteiger partial charge in [0.05, 0.1) is 18.0 Å². The summed E-state index contributed by atoms with van der Waals surface area (Å²) >= 11 is 0. The first-order chi connectivity index (χ1) is 12.6. The number of nitrogens with two attached hydrogens (primary N) is 1. The molecular weight excluding hydrogens is 382 g/mol. The van der Waals surface area contributed by atoms with E-state index < -0.39 is 28.6 Å². The molecular formula is C17H18F2N2O5S. The van der Waals surface area contributed by atoms with Crippen molar-refractivity contribution < 1.29 is 31.5 Å². The van der Waals surface area contributed by atoms with Crippen molar-refractivity contribution in [2.75, 3.05) is 7.11 Å². The summed E-state index contributed by atoms with van der Waals surface area (Å²) < 4.78 is 56.5. The second-order valence-electron chi connectivity index (χ2n) is 5.55. The molecule has 0 aliphatic carbocycles. The standard InChI is InChI=1S/C17H18F2N2O5S/c1-10(11-3-6-13(7-4-11)27(20,23)24)21-16(22)12-5-8-14(26-17(18)19)15(9-12)25-2/h3-10,17H,1-2H3,(H,21,22)(H2,20,23,24). The molecule has 0 saturated heterocycles. The van der Waals surface area contributed by atoms with Crippen LogP contribution in [0.15, 0.2) is 47.4 Å². The van der Waals surface area contributed by atoms with Crippen molar-refractivity contribution in [3.63, 3.8) is 0 Å². The normalized spacial score (nSPS) is 12.5. The molecule has 2 aromatic carbocycles. The number of alkyl halides is 2. The summed E-state index contributed by atoms with van der Waals surface area (Å²) in [6, 6.07) is 9.12. The summed E-state index contributed by atoms with van der Waals surface area (Å²) in [7, 11) is -2.53. The van der Waals surface area contributed by atoms with Gasteiger partial charge in [-0.2, -0.15) is 8.78 Å². The highest BCUT2D eigenvalue weighted by Gasteiger charge is 2.17. The predicted octanol–water partition coefficient (Wildman–Crippen LogP) is 2.44. The molecule has 10 heteroatoms. The zero-order valence-corrected chi connectivity index (χ0v) is 15.3. The lowest BCUT2D eigenvalue weighted by Crippen LogP contribution is -2.26. The first-order valence-electron chi connectivity index (χ1n) is 7.68. The average Bonchev–Trinajstić information content (AvgIpc) is 2.60. The predicted molar refractivity (Wildman–Crippen MR) is 93.3 cm³/mol. The Kier molecular flexibility index (Phi) is 6.34. The quantitative estimate of drug-likeness (QED) is 0.742. The Morgan fingerprint density at radius 2 is 1.74 bits per heavy atom. The van der Waals surface area contributed by atoms with Crippen molar-refractivity contribution in [1.82, 2.24) is 5.32 Å². The number of halogens is 2. The minimum absolute atomic E-state index is 0.00638. The van der Waals surface area contributed by atoms with Gasteiger partial charge in [0.1, 0.15) is 0 Å².